The Bertz CT molecular complexity index is 1000. The van der Waals surface area contributed by atoms with Crippen LogP contribution in [0.4, 0.5) is 5.69 Å². The van der Waals surface area contributed by atoms with Gasteiger partial charge in [0.2, 0.25) is 5.91 Å². The van der Waals surface area contributed by atoms with Gasteiger partial charge in [0.25, 0.3) is 0 Å². The molecule has 2 aliphatic heterocycles. The van der Waals surface area contributed by atoms with Crippen LogP contribution < -0.4 is 25.0 Å². The molecule has 0 radical (unpaired) electrons. The molecule has 8 nitrogen and oxygen atoms in total. The van der Waals surface area contributed by atoms with Crippen LogP contribution in [0.5, 0.6) is 11.5 Å². The minimum atomic E-state index is 0.00483. The van der Waals surface area contributed by atoms with Crippen molar-refractivity contribution in [2.45, 2.75) is 38.4 Å². The predicted molar refractivity (Wildman–Crippen MR) is 145 cm³/mol. The fraction of sp³-hybridized carbons (Fsp3) is 0.552. The highest BCUT2D eigenvalue weighted by atomic mass is 16.5. The zero-order valence-electron chi connectivity index (χ0n) is 22.3. The Morgan fingerprint density at radius 3 is 2.76 bits per heavy atom. The second kappa shape index (κ2) is 13.7. The van der Waals surface area contributed by atoms with Gasteiger partial charge in [-0.25, -0.2) is 0 Å². The number of nitrogens with zero attached hydrogens (tertiary/aromatic N) is 1. The monoisotopic (exact) mass is 511 g/mol. The zero-order valence-corrected chi connectivity index (χ0v) is 22.3. The molecule has 2 aromatic rings. The molecule has 202 valence electrons. The molecule has 1 saturated heterocycles. The highest BCUT2D eigenvalue weighted by molar-refractivity contribution is 5.72. The maximum absolute atomic E-state index is 11.4. The van der Waals surface area contributed by atoms with Crippen LogP contribution in [0, 0.1) is 5.92 Å². The third kappa shape index (κ3) is 7.37. The van der Waals surface area contributed by atoms with Gasteiger partial charge in [0.15, 0.2) is 0 Å². The predicted octanol–water partition coefficient (Wildman–Crippen LogP) is 3.35. The zero-order chi connectivity index (χ0) is 26.0. The Kier molecular flexibility index (Phi) is 10.0. The van der Waals surface area contributed by atoms with Gasteiger partial charge in [0, 0.05) is 46.2 Å². The van der Waals surface area contributed by atoms with Crippen LogP contribution in [-0.4, -0.2) is 72.2 Å². The molecule has 1 fully saturated rings. The maximum atomic E-state index is 11.4. The number of fused-ring (bicyclic) bond motifs is 1. The van der Waals surface area contributed by atoms with Gasteiger partial charge in [0.05, 0.1) is 32.1 Å². The summed E-state index contributed by atoms with van der Waals surface area (Å²) in [4.78, 5) is 13.8. The van der Waals surface area contributed by atoms with Crippen LogP contribution in [0.3, 0.4) is 0 Å². The number of anilines is 1. The number of nitrogens with one attached hydrogen (secondary N) is 2. The van der Waals surface area contributed by atoms with E-state index in [1.54, 1.807) is 21.1 Å². The van der Waals surface area contributed by atoms with Gasteiger partial charge >= 0.3 is 0 Å². The van der Waals surface area contributed by atoms with Gasteiger partial charge in [-0.15, -0.1) is 0 Å². The molecule has 2 heterocycles. The molecule has 4 rings (SSSR count). The van der Waals surface area contributed by atoms with Gasteiger partial charge < -0.3 is 34.5 Å². The number of benzene rings is 2. The molecule has 8 heteroatoms. The number of rotatable bonds is 12. The average Bonchev–Trinajstić information content (AvgIpc) is 2.92. The molecule has 2 aliphatic rings. The first-order valence-corrected chi connectivity index (χ1v) is 13.3. The van der Waals surface area contributed by atoms with Crippen LogP contribution in [0.25, 0.3) is 0 Å². The number of carbonyl (C=O) groups excluding carboxylic acids is 1. The summed E-state index contributed by atoms with van der Waals surface area (Å²) in [5, 5.41) is 6.52. The Morgan fingerprint density at radius 2 is 2.00 bits per heavy atom. The van der Waals surface area contributed by atoms with Crippen LogP contribution in [-0.2, 0) is 20.9 Å². The lowest BCUT2D eigenvalue weighted by atomic mass is 9.77. The van der Waals surface area contributed by atoms with Crippen molar-refractivity contribution in [1.29, 1.82) is 0 Å². The molecule has 0 bridgehead atoms. The van der Waals surface area contributed by atoms with E-state index in [4.69, 9.17) is 18.9 Å². The molecule has 0 aromatic heterocycles. The third-order valence-corrected chi connectivity index (χ3v) is 7.27. The third-order valence-electron chi connectivity index (χ3n) is 7.27. The molecule has 1 amide bonds. The largest absolute Gasteiger partial charge is 0.497 e. The lowest BCUT2D eigenvalue weighted by Gasteiger charge is -2.39. The minimum Gasteiger partial charge on any atom is -0.497 e. The van der Waals surface area contributed by atoms with E-state index in [-0.39, 0.29) is 17.9 Å². The van der Waals surface area contributed by atoms with E-state index in [0.29, 0.717) is 25.7 Å². The molecule has 37 heavy (non-hydrogen) atoms. The van der Waals surface area contributed by atoms with E-state index in [1.807, 2.05) is 12.1 Å². The van der Waals surface area contributed by atoms with E-state index in [2.05, 4.69) is 45.9 Å². The van der Waals surface area contributed by atoms with Crippen molar-refractivity contribution in [1.82, 2.24) is 10.6 Å². The van der Waals surface area contributed by atoms with Crippen LogP contribution >= 0.6 is 0 Å². The number of piperidine rings is 1. The Labute approximate surface area is 220 Å². The number of hydrogen-bond donors (Lipinski definition) is 2. The summed E-state index contributed by atoms with van der Waals surface area (Å²) in [6, 6.07) is 14.7. The van der Waals surface area contributed by atoms with Gasteiger partial charge in [-0.3, -0.25) is 4.79 Å². The fourth-order valence-electron chi connectivity index (χ4n) is 5.40. The van der Waals surface area contributed by atoms with Gasteiger partial charge in [-0.1, -0.05) is 18.2 Å². The summed E-state index contributed by atoms with van der Waals surface area (Å²) in [6.45, 7) is 7.69. The lowest BCUT2D eigenvalue weighted by Crippen LogP contribution is -2.47. The van der Waals surface area contributed by atoms with Crippen LogP contribution in [0.2, 0.25) is 0 Å². The van der Waals surface area contributed by atoms with Crippen molar-refractivity contribution in [3.63, 3.8) is 0 Å². The highest BCUT2D eigenvalue weighted by Gasteiger charge is 2.35. The number of ether oxygens (including phenoxy) is 4. The second-order valence-corrected chi connectivity index (χ2v) is 9.82. The lowest BCUT2D eigenvalue weighted by molar-refractivity contribution is -0.119. The highest BCUT2D eigenvalue weighted by Crippen LogP contribution is 2.37. The number of amides is 1. The Hall–Kier alpha value is -2.81. The number of hydrogen-bond acceptors (Lipinski definition) is 7. The molecule has 2 N–H and O–H groups in total. The standard InChI is InChI=1S/C29H41N3O5/c1-21(33)31-12-11-24-18-30-19-28(29(24)23-6-8-25(35-3)9-7-23)37-20-22-5-10-27-26(17-22)32(14-16-36-27)13-4-15-34-2/h5-10,17,24,28-30H,4,11-16,18-20H2,1-3H3,(H,31,33)/t24?,28-,29-/m0/s1. The molecule has 0 spiro atoms. The maximum Gasteiger partial charge on any atom is 0.216 e. The first kappa shape index (κ1) is 27.2. The Morgan fingerprint density at radius 1 is 1.16 bits per heavy atom. The average molecular weight is 512 g/mol. The molecular weight excluding hydrogens is 470 g/mol. The van der Waals surface area contributed by atoms with E-state index in [0.717, 1.165) is 68.4 Å². The van der Waals surface area contributed by atoms with Crippen molar-refractivity contribution < 1.29 is 23.7 Å². The van der Waals surface area contributed by atoms with E-state index < -0.39 is 0 Å². The Balaban J connectivity index is 1.48. The topological polar surface area (TPSA) is 81.3 Å². The minimum absolute atomic E-state index is 0.00483. The molecule has 2 aromatic carbocycles. The summed E-state index contributed by atoms with van der Waals surface area (Å²) in [5.41, 5.74) is 3.50. The smallest absolute Gasteiger partial charge is 0.216 e. The first-order chi connectivity index (χ1) is 18.1. The number of carbonyl (C=O) groups is 1. The van der Waals surface area contributed by atoms with Crippen LogP contribution in [0.1, 0.15) is 36.8 Å². The summed E-state index contributed by atoms with van der Waals surface area (Å²) in [7, 11) is 3.43. The van der Waals surface area contributed by atoms with Gasteiger partial charge in [-0.2, -0.15) is 0 Å². The quantitative estimate of drug-likeness (QED) is 0.423. The summed E-state index contributed by atoms with van der Waals surface area (Å²) in [5.74, 6) is 2.34. The molecule has 0 aliphatic carbocycles. The van der Waals surface area contributed by atoms with Crippen LogP contribution in [0.15, 0.2) is 42.5 Å². The van der Waals surface area contributed by atoms with Crippen molar-refractivity contribution in [3.05, 3.63) is 53.6 Å². The normalized spacial score (nSPS) is 21.2. The van der Waals surface area contributed by atoms with E-state index in [9.17, 15) is 4.79 Å². The van der Waals surface area contributed by atoms with Gasteiger partial charge in [-0.05, 0) is 60.7 Å². The molecular formula is C29H41N3O5. The summed E-state index contributed by atoms with van der Waals surface area (Å²) in [6.07, 6.45) is 1.87. The second-order valence-electron chi connectivity index (χ2n) is 9.82. The van der Waals surface area contributed by atoms with Crippen molar-refractivity contribution in [2.24, 2.45) is 5.92 Å². The summed E-state index contributed by atoms with van der Waals surface area (Å²) < 4.78 is 23.1. The van der Waals surface area contributed by atoms with Crippen molar-refractivity contribution in [2.75, 3.05) is 65.1 Å². The summed E-state index contributed by atoms with van der Waals surface area (Å²) >= 11 is 0. The molecule has 0 saturated carbocycles. The van der Waals surface area contributed by atoms with Gasteiger partial charge in [0.1, 0.15) is 18.1 Å². The van der Waals surface area contributed by atoms with Crippen molar-refractivity contribution >= 4 is 11.6 Å². The van der Waals surface area contributed by atoms with E-state index in [1.165, 1.54) is 5.56 Å². The first-order valence-electron chi connectivity index (χ1n) is 13.3. The van der Waals surface area contributed by atoms with E-state index >= 15 is 0 Å². The molecule has 3 atom stereocenters. The number of methoxy groups -OCH3 is 2. The molecule has 1 unspecified atom stereocenters. The van der Waals surface area contributed by atoms with Crippen molar-refractivity contribution in [3.8, 4) is 11.5 Å². The fourth-order valence-corrected chi connectivity index (χ4v) is 5.40. The SMILES string of the molecule is COCCCN1CCOc2ccc(CO[C@H]3CNCC(CCNC(C)=O)[C@@H]3c3ccc(OC)cc3)cc21.